The van der Waals surface area contributed by atoms with Crippen molar-refractivity contribution in [2.45, 2.75) is 0 Å². The first kappa shape index (κ1) is 11.0. The zero-order valence-corrected chi connectivity index (χ0v) is 8.70. The second-order valence-corrected chi connectivity index (χ2v) is 3.48. The number of rotatable bonds is 2. The van der Waals surface area contributed by atoms with Gasteiger partial charge in [0, 0.05) is 11.6 Å². The molecule has 86 valence electrons. The standard InChI is InChI=1S/C11H12F2N2O/c12-10-2-1-9(11(13)7-10)8-14-15-3-5-16-6-4-15/h1-2,7-8H,3-6H2/b14-8+. The zero-order valence-electron chi connectivity index (χ0n) is 8.70. The molecule has 0 radical (unpaired) electrons. The predicted molar refractivity (Wildman–Crippen MR) is 56.3 cm³/mol. The molecular formula is C11H12F2N2O. The molecule has 2 rings (SSSR count). The third-order valence-electron chi connectivity index (χ3n) is 2.31. The molecular weight excluding hydrogens is 214 g/mol. The van der Waals surface area contributed by atoms with Crippen molar-refractivity contribution in [2.24, 2.45) is 5.10 Å². The lowest BCUT2D eigenvalue weighted by atomic mass is 10.2. The summed E-state index contributed by atoms with van der Waals surface area (Å²) in [6.07, 6.45) is 1.40. The molecule has 1 aromatic rings. The van der Waals surface area contributed by atoms with Crippen LogP contribution in [-0.2, 0) is 4.74 Å². The van der Waals surface area contributed by atoms with Crippen LogP contribution in [0.2, 0.25) is 0 Å². The van der Waals surface area contributed by atoms with Crippen LogP contribution >= 0.6 is 0 Å². The molecule has 1 aliphatic heterocycles. The largest absolute Gasteiger partial charge is 0.378 e. The molecule has 16 heavy (non-hydrogen) atoms. The van der Waals surface area contributed by atoms with E-state index in [1.165, 1.54) is 18.3 Å². The smallest absolute Gasteiger partial charge is 0.134 e. The van der Waals surface area contributed by atoms with E-state index < -0.39 is 11.6 Å². The molecule has 0 unspecified atom stereocenters. The molecule has 0 amide bonds. The lowest BCUT2D eigenvalue weighted by Crippen LogP contribution is -2.32. The van der Waals surface area contributed by atoms with Crippen molar-refractivity contribution in [3.05, 3.63) is 35.4 Å². The first-order valence-corrected chi connectivity index (χ1v) is 5.07. The van der Waals surface area contributed by atoms with E-state index in [9.17, 15) is 8.78 Å². The molecule has 1 aromatic carbocycles. The van der Waals surface area contributed by atoms with E-state index in [-0.39, 0.29) is 5.56 Å². The van der Waals surface area contributed by atoms with Crippen molar-refractivity contribution >= 4 is 6.21 Å². The number of hydrazone groups is 1. The minimum Gasteiger partial charge on any atom is -0.378 e. The molecule has 0 spiro atoms. The number of ether oxygens (including phenoxy) is 1. The number of nitrogens with zero attached hydrogens (tertiary/aromatic N) is 2. The molecule has 3 nitrogen and oxygen atoms in total. The van der Waals surface area contributed by atoms with Gasteiger partial charge < -0.3 is 4.74 Å². The monoisotopic (exact) mass is 226 g/mol. The van der Waals surface area contributed by atoms with E-state index in [1.807, 2.05) is 0 Å². The average molecular weight is 226 g/mol. The van der Waals surface area contributed by atoms with Crippen molar-refractivity contribution in [2.75, 3.05) is 26.3 Å². The first-order valence-electron chi connectivity index (χ1n) is 5.07. The second kappa shape index (κ2) is 5.03. The third kappa shape index (κ3) is 2.76. The van der Waals surface area contributed by atoms with Crippen molar-refractivity contribution in [3.63, 3.8) is 0 Å². The number of hydrogen-bond acceptors (Lipinski definition) is 3. The fourth-order valence-corrected chi connectivity index (χ4v) is 1.42. The molecule has 0 aromatic heterocycles. The SMILES string of the molecule is Fc1ccc(/C=N/N2CCOCC2)c(F)c1. The van der Waals surface area contributed by atoms with E-state index in [4.69, 9.17) is 4.74 Å². The van der Waals surface area contributed by atoms with Crippen LogP contribution in [-0.4, -0.2) is 37.5 Å². The Bertz CT molecular complexity index is 390. The summed E-state index contributed by atoms with van der Waals surface area (Å²) in [6.45, 7) is 2.64. The van der Waals surface area contributed by atoms with Crippen LogP contribution in [0.3, 0.4) is 0 Å². The summed E-state index contributed by atoms with van der Waals surface area (Å²) in [7, 11) is 0. The fourth-order valence-electron chi connectivity index (χ4n) is 1.42. The van der Waals surface area contributed by atoms with Crippen LogP contribution in [0.5, 0.6) is 0 Å². The molecule has 5 heteroatoms. The molecule has 1 heterocycles. The van der Waals surface area contributed by atoms with Gasteiger partial charge >= 0.3 is 0 Å². The van der Waals surface area contributed by atoms with E-state index in [0.717, 1.165) is 6.07 Å². The van der Waals surface area contributed by atoms with Gasteiger partial charge in [-0.05, 0) is 12.1 Å². The summed E-state index contributed by atoms with van der Waals surface area (Å²) < 4.78 is 31.0. The number of halogens is 2. The Kier molecular flexibility index (Phi) is 3.46. The highest BCUT2D eigenvalue weighted by Crippen LogP contribution is 2.07. The van der Waals surface area contributed by atoms with Gasteiger partial charge in [0.2, 0.25) is 0 Å². The first-order chi connectivity index (χ1) is 7.75. The summed E-state index contributed by atoms with van der Waals surface area (Å²) in [5.74, 6) is -1.18. The molecule has 1 fully saturated rings. The molecule has 0 aliphatic carbocycles. The quantitative estimate of drug-likeness (QED) is 0.716. The van der Waals surface area contributed by atoms with Crippen LogP contribution in [0.15, 0.2) is 23.3 Å². The highest BCUT2D eigenvalue weighted by atomic mass is 19.1. The minimum atomic E-state index is -0.600. The summed E-state index contributed by atoms with van der Waals surface area (Å²) in [4.78, 5) is 0. The van der Waals surface area contributed by atoms with E-state index in [1.54, 1.807) is 5.01 Å². The van der Waals surface area contributed by atoms with Crippen LogP contribution in [0, 0.1) is 11.6 Å². The topological polar surface area (TPSA) is 24.8 Å². The number of morpholine rings is 1. The van der Waals surface area contributed by atoms with Crippen molar-refractivity contribution in [3.8, 4) is 0 Å². The normalized spacial score (nSPS) is 17.0. The molecule has 1 saturated heterocycles. The maximum absolute atomic E-state index is 13.2. The highest BCUT2D eigenvalue weighted by molar-refractivity contribution is 5.79. The summed E-state index contributed by atoms with van der Waals surface area (Å²) in [5, 5.41) is 5.91. The van der Waals surface area contributed by atoms with Gasteiger partial charge in [0.1, 0.15) is 11.6 Å². The Morgan fingerprint density at radius 2 is 2.00 bits per heavy atom. The lowest BCUT2D eigenvalue weighted by Gasteiger charge is -2.23. The lowest BCUT2D eigenvalue weighted by molar-refractivity contribution is 0.0397. The molecule has 0 saturated carbocycles. The maximum atomic E-state index is 13.2. The molecule has 0 N–H and O–H groups in total. The Balaban J connectivity index is 2.04. The van der Waals surface area contributed by atoms with E-state index >= 15 is 0 Å². The van der Waals surface area contributed by atoms with Gasteiger partial charge in [-0.2, -0.15) is 5.10 Å². The highest BCUT2D eigenvalue weighted by Gasteiger charge is 2.07. The van der Waals surface area contributed by atoms with E-state index in [2.05, 4.69) is 5.10 Å². The maximum Gasteiger partial charge on any atom is 0.134 e. The van der Waals surface area contributed by atoms with Crippen molar-refractivity contribution in [1.29, 1.82) is 0 Å². The van der Waals surface area contributed by atoms with Gasteiger partial charge in [0.25, 0.3) is 0 Å². The van der Waals surface area contributed by atoms with Gasteiger partial charge in [-0.15, -0.1) is 0 Å². The van der Waals surface area contributed by atoms with Crippen LogP contribution in [0.1, 0.15) is 5.56 Å². The van der Waals surface area contributed by atoms with Gasteiger partial charge in [-0.1, -0.05) is 0 Å². The van der Waals surface area contributed by atoms with Crippen LogP contribution in [0.4, 0.5) is 8.78 Å². The zero-order chi connectivity index (χ0) is 11.4. The van der Waals surface area contributed by atoms with Gasteiger partial charge in [0.15, 0.2) is 0 Å². The Labute approximate surface area is 92.3 Å². The third-order valence-corrected chi connectivity index (χ3v) is 2.31. The Morgan fingerprint density at radius 3 is 2.69 bits per heavy atom. The van der Waals surface area contributed by atoms with Crippen LogP contribution < -0.4 is 0 Å². The summed E-state index contributed by atoms with van der Waals surface area (Å²) in [5.41, 5.74) is 0.285. The van der Waals surface area contributed by atoms with Gasteiger partial charge in [0.05, 0.1) is 32.5 Å². The minimum absolute atomic E-state index is 0.285. The molecule has 0 atom stereocenters. The second-order valence-electron chi connectivity index (χ2n) is 3.48. The Hall–Kier alpha value is -1.49. The van der Waals surface area contributed by atoms with Gasteiger partial charge in [-0.25, -0.2) is 8.78 Å². The molecule has 1 aliphatic rings. The molecule has 0 bridgehead atoms. The fraction of sp³-hybridized carbons (Fsp3) is 0.364. The van der Waals surface area contributed by atoms with Crippen LogP contribution in [0.25, 0.3) is 0 Å². The Morgan fingerprint density at radius 1 is 1.25 bits per heavy atom. The summed E-state index contributed by atoms with van der Waals surface area (Å²) in [6, 6.07) is 3.43. The van der Waals surface area contributed by atoms with Crippen molar-refractivity contribution < 1.29 is 13.5 Å². The predicted octanol–water partition coefficient (Wildman–Crippen LogP) is 1.63. The van der Waals surface area contributed by atoms with Gasteiger partial charge in [-0.3, -0.25) is 5.01 Å². The average Bonchev–Trinajstić information content (AvgIpc) is 2.29. The summed E-state index contributed by atoms with van der Waals surface area (Å²) >= 11 is 0. The number of benzene rings is 1. The van der Waals surface area contributed by atoms with E-state index in [0.29, 0.717) is 26.3 Å². The number of hydrogen-bond donors (Lipinski definition) is 0. The van der Waals surface area contributed by atoms with Crippen molar-refractivity contribution in [1.82, 2.24) is 5.01 Å².